The quantitative estimate of drug-likeness (QED) is 0.735. The molecule has 3 N–H and O–H groups in total. The highest BCUT2D eigenvalue weighted by Crippen LogP contribution is 2.26. The summed E-state index contributed by atoms with van der Waals surface area (Å²) < 4.78 is 37.0. The second-order valence-electron chi connectivity index (χ2n) is 6.38. The summed E-state index contributed by atoms with van der Waals surface area (Å²) in [6, 6.07) is 9.16. The van der Waals surface area contributed by atoms with Gasteiger partial charge in [-0.3, -0.25) is 0 Å². The number of ether oxygens (including phenoxy) is 1. The Bertz CT molecular complexity index is 816. The number of pyridine rings is 1. The van der Waals surface area contributed by atoms with E-state index in [1.54, 1.807) is 12.1 Å². The number of carboxylic acid groups (broad SMARTS) is 2. The van der Waals surface area contributed by atoms with E-state index in [1.807, 2.05) is 18.2 Å². The molecule has 148 valence electrons. The third kappa shape index (κ3) is 7.80. The molecule has 0 amide bonds. The van der Waals surface area contributed by atoms with Gasteiger partial charge in [-0.2, -0.15) is 13.2 Å². The number of hydrogen-bond donors (Lipinski definition) is 3. The van der Waals surface area contributed by atoms with Crippen LogP contribution in [0.1, 0.15) is 20.8 Å². The summed E-state index contributed by atoms with van der Waals surface area (Å²) in [5, 5.41) is 19.9. The van der Waals surface area contributed by atoms with Crippen molar-refractivity contribution in [1.29, 1.82) is 0 Å². The van der Waals surface area contributed by atoms with E-state index in [9.17, 15) is 18.0 Å². The van der Waals surface area contributed by atoms with E-state index in [4.69, 9.17) is 19.7 Å². The number of carbonyl (C=O) groups is 2. The first-order chi connectivity index (χ1) is 12.3. The molecule has 0 bridgehead atoms. The van der Waals surface area contributed by atoms with Gasteiger partial charge in [-0.15, -0.1) is 0 Å². The fraction of sp³-hybridized carbons (Fsp3) is 0.353. The van der Waals surface area contributed by atoms with Crippen molar-refractivity contribution in [1.82, 2.24) is 4.98 Å². The third-order valence-electron chi connectivity index (χ3n) is 2.79. The Morgan fingerprint density at radius 1 is 1.11 bits per heavy atom. The van der Waals surface area contributed by atoms with Crippen LogP contribution in [-0.4, -0.2) is 45.5 Å². The molecule has 2 rings (SSSR count). The molecule has 2 aromatic rings. The van der Waals surface area contributed by atoms with Crippen molar-refractivity contribution < 1.29 is 37.7 Å². The number of aliphatic carboxylic acids is 2. The smallest absolute Gasteiger partial charge is 0.481 e. The summed E-state index contributed by atoms with van der Waals surface area (Å²) in [4.78, 5) is 24.0. The first-order valence-corrected chi connectivity index (χ1v) is 7.62. The zero-order valence-corrected chi connectivity index (χ0v) is 14.8. The SMILES string of the molecule is CC(C)(C)Nc1ccc2c(OCC(=O)O)cccc2n1.O=C(O)C(F)(F)F. The molecule has 0 atom stereocenters. The molecular formula is C17H19F3N2O5. The number of halogens is 3. The first kappa shape index (κ1) is 22.0. The second kappa shape index (κ2) is 8.56. The number of nitrogens with one attached hydrogen (secondary N) is 1. The van der Waals surface area contributed by atoms with Crippen molar-refractivity contribution >= 4 is 28.7 Å². The van der Waals surface area contributed by atoms with Gasteiger partial charge in [0.05, 0.1) is 5.52 Å². The van der Waals surface area contributed by atoms with E-state index in [1.165, 1.54) is 0 Å². The lowest BCUT2D eigenvalue weighted by Crippen LogP contribution is -2.26. The average molecular weight is 388 g/mol. The molecule has 0 aliphatic carbocycles. The summed E-state index contributed by atoms with van der Waals surface area (Å²) in [5.41, 5.74) is 0.695. The van der Waals surface area contributed by atoms with Crippen molar-refractivity contribution in [2.24, 2.45) is 0 Å². The third-order valence-corrected chi connectivity index (χ3v) is 2.79. The lowest BCUT2D eigenvalue weighted by Gasteiger charge is -2.21. The van der Waals surface area contributed by atoms with Crippen LogP contribution in [0.5, 0.6) is 5.75 Å². The molecule has 0 saturated carbocycles. The minimum atomic E-state index is -5.08. The minimum Gasteiger partial charge on any atom is -0.481 e. The zero-order chi connectivity index (χ0) is 20.8. The van der Waals surface area contributed by atoms with Gasteiger partial charge in [-0.25, -0.2) is 14.6 Å². The summed E-state index contributed by atoms with van der Waals surface area (Å²) in [6.45, 7) is 5.82. The van der Waals surface area contributed by atoms with Crippen molar-refractivity contribution in [3.8, 4) is 5.75 Å². The van der Waals surface area contributed by atoms with E-state index >= 15 is 0 Å². The van der Waals surface area contributed by atoms with Gasteiger partial charge in [-0.1, -0.05) is 6.07 Å². The lowest BCUT2D eigenvalue weighted by atomic mass is 10.1. The molecular weight excluding hydrogens is 369 g/mol. The predicted octanol–water partition coefficient (Wildman–Crippen LogP) is 3.54. The van der Waals surface area contributed by atoms with E-state index in [0.717, 1.165) is 16.7 Å². The fourth-order valence-corrected chi connectivity index (χ4v) is 1.85. The largest absolute Gasteiger partial charge is 0.490 e. The van der Waals surface area contributed by atoms with E-state index in [2.05, 4.69) is 31.1 Å². The zero-order valence-electron chi connectivity index (χ0n) is 14.8. The van der Waals surface area contributed by atoms with Crippen LogP contribution in [0.15, 0.2) is 30.3 Å². The molecule has 27 heavy (non-hydrogen) atoms. The standard InChI is InChI=1S/C15H18N2O3.C2HF3O2/c1-15(2,3)17-13-8-7-10-11(16-13)5-4-6-12(10)20-9-14(18)19;3-2(4,5)1(6)7/h4-8H,9H2,1-3H3,(H,16,17)(H,18,19);(H,6,7). The molecule has 0 spiro atoms. The molecule has 0 unspecified atom stereocenters. The van der Waals surface area contributed by atoms with Crippen LogP contribution in [0.3, 0.4) is 0 Å². The van der Waals surface area contributed by atoms with Gasteiger partial charge in [0.2, 0.25) is 0 Å². The van der Waals surface area contributed by atoms with Gasteiger partial charge >= 0.3 is 18.1 Å². The Labute approximate surface area is 152 Å². The summed E-state index contributed by atoms with van der Waals surface area (Å²) in [6.07, 6.45) is -5.08. The molecule has 10 heteroatoms. The van der Waals surface area contributed by atoms with Crippen molar-refractivity contribution in [2.45, 2.75) is 32.5 Å². The number of anilines is 1. The molecule has 0 aliphatic rings. The average Bonchev–Trinajstić information content (AvgIpc) is 2.50. The molecule has 7 nitrogen and oxygen atoms in total. The molecule has 0 radical (unpaired) electrons. The van der Waals surface area contributed by atoms with Crippen molar-refractivity contribution in [2.75, 3.05) is 11.9 Å². The Hall–Kier alpha value is -3.04. The Balaban J connectivity index is 0.000000445. The highest BCUT2D eigenvalue weighted by atomic mass is 19.4. The molecule has 0 aliphatic heterocycles. The number of aromatic nitrogens is 1. The van der Waals surface area contributed by atoms with Crippen LogP contribution in [0.2, 0.25) is 0 Å². The number of nitrogens with zero attached hydrogens (tertiary/aromatic N) is 1. The molecule has 1 aromatic carbocycles. The van der Waals surface area contributed by atoms with Gasteiger partial charge in [0.1, 0.15) is 11.6 Å². The van der Waals surface area contributed by atoms with Crippen LogP contribution in [0, 0.1) is 0 Å². The molecule has 1 heterocycles. The van der Waals surface area contributed by atoms with Crippen molar-refractivity contribution in [3.63, 3.8) is 0 Å². The van der Waals surface area contributed by atoms with Gasteiger partial charge in [-0.05, 0) is 45.0 Å². The van der Waals surface area contributed by atoms with Crippen LogP contribution in [0.4, 0.5) is 19.0 Å². The normalized spacial score (nSPS) is 11.3. The molecule has 1 aromatic heterocycles. The van der Waals surface area contributed by atoms with Crippen LogP contribution in [0.25, 0.3) is 10.9 Å². The highest BCUT2D eigenvalue weighted by molar-refractivity contribution is 5.86. The monoisotopic (exact) mass is 388 g/mol. The maximum absolute atomic E-state index is 10.6. The summed E-state index contributed by atoms with van der Waals surface area (Å²) in [5.74, 6) is -2.45. The van der Waals surface area contributed by atoms with Crippen LogP contribution >= 0.6 is 0 Å². The predicted molar refractivity (Wildman–Crippen MR) is 91.9 cm³/mol. The van der Waals surface area contributed by atoms with E-state index < -0.39 is 18.1 Å². The van der Waals surface area contributed by atoms with Gasteiger partial charge < -0.3 is 20.3 Å². The number of benzene rings is 1. The van der Waals surface area contributed by atoms with E-state index in [-0.39, 0.29) is 12.1 Å². The van der Waals surface area contributed by atoms with Gasteiger partial charge in [0.25, 0.3) is 0 Å². The summed E-state index contributed by atoms with van der Waals surface area (Å²) in [7, 11) is 0. The number of alkyl halides is 3. The number of hydrogen-bond acceptors (Lipinski definition) is 5. The number of carboxylic acids is 2. The fourth-order valence-electron chi connectivity index (χ4n) is 1.85. The molecule has 0 fully saturated rings. The summed E-state index contributed by atoms with van der Waals surface area (Å²) >= 11 is 0. The van der Waals surface area contributed by atoms with Gasteiger partial charge in [0.15, 0.2) is 6.61 Å². The number of rotatable bonds is 4. The minimum absolute atomic E-state index is 0.0713. The number of fused-ring (bicyclic) bond motifs is 1. The second-order valence-corrected chi connectivity index (χ2v) is 6.38. The molecule has 0 saturated heterocycles. The van der Waals surface area contributed by atoms with Gasteiger partial charge in [0, 0.05) is 10.9 Å². The topological polar surface area (TPSA) is 109 Å². The van der Waals surface area contributed by atoms with E-state index in [0.29, 0.717) is 5.75 Å². The van der Waals surface area contributed by atoms with Crippen LogP contribution in [-0.2, 0) is 9.59 Å². The maximum atomic E-state index is 10.6. The Morgan fingerprint density at radius 2 is 1.70 bits per heavy atom. The first-order valence-electron chi connectivity index (χ1n) is 7.62. The Morgan fingerprint density at radius 3 is 2.19 bits per heavy atom. The van der Waals surface area contributed by atoms with Crippen molar-refractivity contribution in [3.05, 3.63) is 30.3 Å². The van der Waals surface area contributed by atoms with Crippen LogP contribution < -0.4 is 10.1 Å². The highest BCUT2D eigenvalue weighted by Gasteiger charge is 2.38. The Kier molecular flexibility index (Phi) is 6.98. The maximum Gasteiger partial charge on any atom is 0.490 e. The lowest BCUT2D eigenvalue weighted by molar-refractivity contribution is -0.192.